The molecule has 4 aromatic heterocycles. The number of aryl methyl sites for hydroxylation is 1. The number of fused-ring (bicyclic) bond motifs is 4. The second-order valence-electron chi connectivity index (χ2n) is 15.5. The van der Waals surface area contributed by atoms with E-state index in [1.54, 1.807) is 55.5 Å². The lowest BCUT2D eigenvalue weighted by molar-refractivity contribution is 0.441. The molecule has 2 unspecified atom stereocenters. The van der Waals surface area contributed by atoms with Gasteiger partial charge in [-0.25, -0.2) is 27.2 Å². The predicted octanol–water partition coefficient (Wildman–Crippen LogP) is 11.1. The van der Waals surface area contributed by atoms with Crippen molar-refractivity contribution in [1.82, 2.24) is 0 Å². The van der Waals surface area contributed by atoms with Crippen LogP contribution >= 0.6 is 22.7 Å². The fourth-order valence-corrected chi connectivity index (χ4v) is 10.6. The lowest BCUT2D eigenvalue weighted by Gasteiger charge is -2.21. The average molecular weight is 925 g/mol. The largest absolute Gasteiger partial charge is 0.507 e. The van der Waals surface area contributed by atoms with E-state index in [0.29, 0.717) is 37.5 Å². The van der Waals surface area contributed by atoms with Crippen molar-refractivity contribution in [2.24, 2.45) is 0 Å². The summed E-state index contributed by atoms with van der Waals surface area (Å²) in [5.74, 6) is -9.68. The molecule has 0 aliphatic carbocycles. The summed E-state index contributed by atoms with van der Waals surface area (Å²) < 4.78 is 70.6. The molecule has 0 bridgehead atoms. The van der Waals surface area contributed by atoms with Crippen molar-refractivity contribution in [3.05, 3.63) is 224 Å². The molecule has 326 valence electrons. The summed E-state index contributed by atoms with van der Waals surface area (Å²) in [5.41, 5.74) is -4.12. The van der Waals surface area contributed by atoms with Crippen LogP contribution in [0.15, 0.2) is 149 Å². The van der Waals surface area contributed by atoms with Gasteiger partial charge in [0.05, 0.1) is 33.4 Å². The van der Waals surface area contributed by atoms with Crippen molar-refractivity contribution in [2.45, 2.75) is 18.8 Å². The van der Waals surface area contributed by atoms with E-state index in [0.717, 1.165) is 34.8 Å². The highest BCUT2D eigenvalue weighted by atomic mass is 32.1. The Hall–Kier alpha value is -7.88. The van der Waals surface area contributed by atoms with Gasteiger partial charge in [0.25, 0.3) is 0 Å². The number of halogens is 4. The molecule has 10 aromatic rings. The molecule has 9 nitrogen and oxygen atoms in total. The molecule has 0 spiro atoms. The van der Waals surface area contributed by atoms with Crippen LogP contribution in [-0.2, 0) is 0 Å². The van der Waals surface area contributed by atoms with Crippen molar-refractivity contribution in [1.29, 1.82) is 0 Å². The van der Waals surface area contributed by atoms with Gasteiger partial charge in [0.15, 0.2) is 33.4 Å². The van der Waals surface area contributed by atoms with Crippen molar-refractivity contribution in [3.63, 3.8) is 0 Å². The van der Waals surface area contributed by atoms with E-state index < -0.39 is 84.9 Å². The van der Waals surface area contributed by atoms with E-state index in [9.17, 15) is 52.1 Å². The lowest BCUT2D eigenvalue weighted by Crippen LogP contribution is -2.23. The van der Waals surface area contributed by atoms with Gasteiger partial charge in [-0.15, -0.1) is 11.3 Å². The minimum atomic E-state index is -1.75. The third kappa shape index (κ3) is 6.82. The first-order valence-corrected chi connectivity index (χ1v) is 21.6. The highest BCUT2D eigenvalue weighted by Crippen LogP contribution is 2.44. The van der Waals surface area contributed by atoms with Crippen LogP contribution in [0.25, 0.3) is 53.2 Å². The number of para-hydroxylation sites is 1. The standard InChI is InChI=1S/C51H28F4O9S2/c1-22-38(40(26-19-32(53)44(55)33(54)20-26)43-47(58)30-7-3-5-9-36(30)66-51(43)62)48(59)31-18-24(13-17-37(31)65-22)25-12-16-29-35(21-25)64-50(61)42(46(29)57)39(23-10-14-27(52)15-11-23)41-45(56)28-6-2-4-8-34(28)63-49(41)60/h2-21,39-40,56-57,62H,1H3. The number of rotatable bonds is 7. The van der Waals surface area contributed by atoms with Gasteiger partial charge >= 0.3 is 11.3 Å². The summed E-state index contributed by atoms with van der Waals surface area (Å²) in [5, 5.41) is 34.7. The second-order valence-corrected chi connectivity index (χ2v) is 17.8. The Morgan fingerprint density at radius 3 is 1.74 bits per heavy atom. The molecule has 0 fully saturated rings. The Kier molecular flexibility index (Phi) is 10.2. The number of hydrogen-bond donors (Lipinski definition) is 3. The van der Waals surface area contributed by atoms with Gasteiger partial charge in [-0.05, 0) is 102 Å². The summed E-state index contributed by atoms with van der Waals surface area (Å²) in [6.07, 6.45) is 0. The Bertz CT molecular complexity index is 3910. The second kappa shape index (κ2) is 16.0. The molecule has 0 amide bonds. The average Bonchev–Trinajstić information content (AvgIpc) is 3.29. The number of benzene rings is 6. The summed E-state index contributed by atoms with van der Waals surface area (Å²) in [7, 11) is 0. The van der Waals surface area contributed by atoms with Crippen LogP contribution in [0.2, 0.25) is 0 Å². The van der Waals surface area contributed by atoms with Crippen molar-refractivity contribution >= 4 is 64.8 Å². The van der Waals surface area contributed by atoms with Crippen molar-refractivity contribution in [2.75, 3.05) is 0 Å². The Balaban J connectivity index is 1.13. The fraction of sp³-hybridized carbons (Fsp3) is 0.0588. The zero-order valence-electron chi connectivity index (χ0n) is 33.8. The molecular formula is C51H28F4O9S2. The van der Waals surface area contributed by atoms with Crippen LogP contribution in [0.3, 0.4) is 0 Å². The minimum absolute atomic E-state index is 0.0156. The molecular weight excluding hydrogens is 897 g/mol. The van der Waals surface area contributed by atoms with Gasteiger partial charge in [0, 0.05) is 36.5 Å². The molecule has 3 N–H and O–H groups in total. The maximum absolute atomic E-state index is 14.9. The molecule has 15 heteroatoms. The fourth-order valence-electron chi connectivity index (χ4n) is 8.62. The summed E-state index contributed by atoms with van der Waals surface area (Å²) in [6.45, 7) is 1.59. The van der Waals surface area contributed by atoms with Crippen LogP contribution in [0.5, 0.6) is 16.6 Å². The molecule has 6 aromatic carbocycles. The molecule has 66 heavy (non-hydrogen) atoms. The van der Waals surface area contributed by atoms with Crippen LogP contribution < -0.4 is 22.1 Å². The molecule has 4 heterocycles. The SMILES string of the molecule is Cc1sc2ccc(-c3ccc4c(O)c(C(c5ccc(F)cc5)c5c(O)c6ccccc6oc5=O)c(=O)oc4c3)cc2c(=O)c1C(c1cc(F)c(F)c(F)c1)c1c(O)sc2ccccc2c1=O. The third-order valence-corrected chi connectivity index (χ3v) is 13.8. The van der Waals surface area contributed by atoms with Crippen molar-refractivity contribution < 1.29 is 41.7 Å². The number of hydrogen-bond acceptors (Lipinski definition) is 11. The maximum Gasteiger partial charge on any atom is 0.344 e. The normalized spacial score (nSPS) is 12.6. The van der Waals surface area contributed by atoms with Crippen LogP contribution in [0, 0.1) is 30.2 Å². The zero-order chi connectivity index (χ0) is 46.3. The topological polar surface area (TPSA) is 155 Å². The van der Waals surface area contributed by atoms with Crippen molar-refractivity contribution in [3.8, 4) is 27.7 Å². The van der Waals surface area contributed by atoms with Crippen LogP contribution in [0.1, 0.15) is 50.1 Å². The molecule has 0 radical (unpaired) electrons. The first-order valence-electron chi connectivity index (χ1n) is 20.0. The van der Waals surface area contributed by atoms with E-state index in [1.165, 1.54) is 48.5 Å². The van der Waals surface area contributed by atoms with Gasteiger partial charge in [-0.2, -0.15) is 0 Å². The highest BCUT2D eigenvalue weighted by Gasteiger charge is 2.34. The Labute approximate surface area is 375 Å². The zero-order valence-corrected chi connectivity index (χ0v) is 35.5. The molecule has 0 saturated carbocycles. The van der Waals surface area contributed by atoms with Gasteiger partial charge in [-0.3, -0.25) is 9.59 Å². The molecule has 0 aliphatic rings. The summed E-state index contributed by atoms with van der Waals surface area (Å²) in [6, 6.07) is 28.0. The van der Waals surface area contributed by atoms with Gasteiger partial charge in [0.1, 0.15) is 28.5 Å². The van der Waals surface area contributed by atoms with E-state index in [4.69, 9.17) is 8.83 Å². The van der Waals surface area contributed by atoms with E-state index in [-0.39, 0.29) is 55.0 Å². The monoisotopic (exact) mass is 924 g/mol. The molecule has 0 aliphatic heterocycles. The first kappa shape index (κ1) is 42.1. The smallest absolute Gasteiger partial charge is 0.344 e. The quantitative estimate of drug-likeness (QED) is 0.0805. The summed E-state index contributed by atoms with van der Waals surface area (Å²) >= 11 is 1.97. The Morgan fingerprint density at radius 2 is 1.05 bits per heavy atom. The maximum atomic E-state index is 14.9. The third-order valence-electron chi connectivity index (χ3n) is 11.7. The van der Waals surface area contributed by atoms with E-state index in [1.807, 2.05) is 0 Å². The predicted molar refractivity (Wildman–Crippen MR) is 244 cm³/mol. The van der Waals surface area contributed by atoms with E-state index >= 15 is 0 Å². The lowest BCUT2D eigenvalue weighted by atomic mass is 9.84. The van der Waals surface area contributed by atoms with E-state index in [2.05, 4.69) is 0 Å². The minimum Gasteiger partial charge on any atom is -0.507 e. The van der Waals surface area contributed by atoms with Crippen LogP contribution in [-0.4, -0.2) is 15.3 Å². The molecule has 0 saturated heterocycles. The summed E-state index contributed by atoms with van der Waals surface area (Å²) in [4.78, 5) is 56.9. The van der Waals surface area contributed by atoms with Gasteiger partial charge in [0.2, 0.25) is 0 Å². The Morgan fingerprint density at radius 1 is 0.500 bits per heavy atom. The van der Waals surface area contributed by atoms with Gasteiger partial charge in [-0.1, -0.05) is 59.9 Å². The molecule has 10 rings (SSSR count). The number of aromatic hydroxyl groups is 3. The van der Waals surface area contributed by atoms with Gasteiger partial charge < -0.3 is 24.2 Å². The first-order chi connectivity index (χ1) is 31.7. The van der Waals surface area contributed by atoms with Crippen LogP contribution in [0.4, 0.5) is 17.6 Å². The molecule has 2 atom stereocenters. The highest BCUT2D eigenvalue weighted by molar-refractivity contribution is 7.20.